The Morgan fingerprint density at radius 1 is 1.06 bits per heavy atom. The van der Waals surface area contributed by atoms with Crippen LogP contribution >= 0.6 is 23.8 Å². The molecule has 0 bridgehead atoms. The molecular formula is C26H21ClFN3OS. The molecule has 0 unspecified atom stereocenters. The normalized spacial score (nSPS) is 17.9. The fraction of sp³-hybridized carbons (Fsp3) is 0.154. The second-order valence-corrected chi connectivity index (χ2v) is 8.84. The summed E-state index contributed by atoms with van der Waals surface area (Å²) in [6, 6.07) is 19.8. The maximum Gasteiger partial charge on any atom is 0.174 e. The number of nitrogens with zero attached hydrogens (tertiary/aromatic N) is 2. The lowest BCUT2D eigenvalue weighted by atomic mass is 10.0. The summed E-state index contributed by atoms with van der Waals surface area (Å²) in [4.78, 5) is 6.52. The maximum atomic E-state index is 14.0. The number of aryl methyl sites for hydroxylation is 1. The van der Waals surface area contributed by atoms with E-state index >= 15 is 0 Å². The Balaban J connectivity index is 1.62. The smallest absolute Gasteiger partial charge is 0.174 e. The van der Waals surface area contributed by atoms with E-state index in [4.69, 9.17) is 28.2 Å². The fourth-order valence-electron chi connectivity index (χ4n) is 4.23. The van der Waals surface area contributed by atoms with E-state index in [-0.39, 0.29) is 17.9 Å². The molecular weight excluding hydrogens is 457 g/mol. The van der Waals surface area contributed by atoms with Crippen molar-refractivity contribution in [3.05, 3.63) is 106 Å². The average Bonchev–Trinajstić information content (AvgIpc) is 3.43. The summed E-state index contributed by atoms with van der Waals surface area (Å²) in [6.45, 7) is 3.71. The molecule has 7 heteroatoms. The lowest BCUT2D eigenvalue weighted by Gasteiger charge is -2.26. The van der Waals surface area contributed by atoms with Gasteiger partial charge in [0.1, 0.15) is 23.4 Å². The highest BCUT2D eigenvalue weighted by Crippen LogP contribution is 2.43. The molecule has 2 atom stereocenters. The average molecular weight is 478 g/mol. The molecule has 33 heavy (non-hydrogen) atoms. The van der Waals surface area contributed by atoms with Gasteiger partial charge in [-0.15, -0.1) is 0 Å². The third-order valence-electron chi connectivity index (χ3n) is 5.97. The molecule has 2 aromatic heterocycles. The number of benzene rings is 2. The van der Waals surface area contributed by atoms with E-state index < -0.39 is 0 Å². The number of hydrogen-bond donors (Lipinski definition) is 1. The Kier molecular flexibility index (Phi) is 5.64. The van der Waals surface area contributed by atoms with Crippen LogP contribution in [0.3, 0.4) is 0 Å². The zero-order valence-corrected chi connectivity index (χ0v) is 19.6. The van der Waals surface area contributed by atoms with Gasteiger partial charge in [-0.05, 0) is 85.7 Å². The third kappa shape index (κ3) is 3.90. The first kappa shape index (κ1) is 21.6. The summed E-state index contributed by atoms with van der Waals surface area (Å²) < 4.78 is 20.4. The highest BCUT2D eigenvalue weighted by atomic mass is 35.5. The number of pyridine rings is 1. The second-order valence-electron chi connectivity index (χ2n) is 8.04. The topological polar surface area (TPSA) is 41.3 Å². The van der Waals surface area contributed by atoms with Crippen LogP contribution in [-0.2, 0) is 0 Å². The van der Waals surface area contributed by atoms with Crippen molar-refractivity contribution in [3.63, 3.8) is 0 Å². The van der Waals surface area contributed by atoms with E-state index in [1.54, 1.807) is 25.3 Å². The van der Waals surface area contributed by atoms with Crippen molar-refractivity contribution in [2.24, 2.45) is 0 Å². The quantitative estimate of drug-likeness (QED) is 0.323. The molecule has 0 aliphatic carbocycles. The van der Waals surface area contributed by atoms with Crippen LogP contribution < -0.4 is 10.2 Å². The number of halogens is 2. The van der Waals surface area contributed by atoms with Gasteiger partial charge in [-0.1, -0.05) is 29.8 Å². The molecule has 1 fully saturated rings. The van der Waals surface area contributed by atoms with Gasteiger partial charge in [-0.2, -0.15) is 0 Å². The highest BCUT2D eigenvalue weighted by molar-refractivity contribution is 7.80. The zero-order valence-electron chi connectivity index (χ0n) is 18.0. The molecule has 1 saturated heterocycles. The number of anilines is 1. The highest BCUT2D eigenvalue weighted by Gasteiger charge is 2.42. The molecule has 0 radical (unpaired) electrons. The first-order valence-corrected chi connectivity index (χ1v) is 11.3. The van der Waals surface area contributed by atoms with E-state index in [9.17, 15) is 4.39 Å². The molecule has 2 aromatic carbocycles. The van der Waals surface area contributed by atoms with E-state index in [0.29, 0.717) is 21.5 Å². The number of aromatic nitrogens is 1. The second kappa shape index (κ2) is 8.61. The van der Waals surface area contributed by atoms with Crippen LogP contribution in [0.15, 0.2) is 77.3 Å². The van der Waals surface area contributed by atoms with Crippen LogP contribution in [0, 0.1) is 19.7 Å². The van der Waals surface area contributed by atoms with Crippen LogP contribution in [0.5, 0.6) is 0 Å². The summed E-state index contributed by atoms with van der Waals surface area (Å²) in [5, 5.41) is 4.60. The van der Waals surface area contributed by atoms with E-state index in [1.807, 2.05) is 60.4 Å². The van der Waals surface area contributed by atoms with E-state index in [1.165, 1.54) is 6.07 Å². The van der Waals surface area contributed by atoms with Gasteiger partial charge in [-0.3, -0.25) is 4.98 Å². The largest absolute Gasteiger partial charge is 0.459 e. The van der Waals surface area contributed by atoms with Crippen molar-refractivity contribution in [2.45, 2.75) is 25.9 Å². The lowest BCUT2D eigenvalue weighted by Crippen LogP contribution is -2.29. The van der Waals surface area contributed by atoms with Gasteiger partial charge in [0.15, 0.2) is 5.11 Å². The van der Waals surface area contributed by atoms with Crippen LogP contribution in [0.2, 0.25) is 5.02 Å². The molecule has 0 spiro atoms. The molecule has 1 aliphatic rings. The molecule has 5 rings (SSSR count). The van der Waals surface area contributed by atoms with E-state index in [2.05, 4.69) is 10.3 Å². The molecule has 1 aliphatic heterocycles. The van der Waals surface area contributed by atoms with Gasteiger partial charge in [0.2, 0.25) is 0 Å². The Hall–Kier alpha value is -3.22. The van der Waals surface area contributed by atoms with Crippen molar-refractivity contribution in [3.8, 4) is 11.3 Å². The van der Waals surface area contributed by atoms with Gasteiger partial charge >= 0.3 is 0 Å². The van der Waals surface area contributed by atoms with E-state index in [0.717, 1.165) is 28.3 Å². The van der Waals surface area contributed by atoms with Crippen molar-refractivity contribution in [1.82, 2.24) is 10.3 Å². The van der Waals surface area contributed by atoms with Gasteiger partial charge in [-0.25, -0.2) is 4.39 Å². The molecule has 4 nitrogen and oxygen atoms in total. The Labute approximate surface area is 202 Å². The van der Waals surface area contributed by atoms with Crippen LogP contribution in [-0.4, -0.2) is 10.1 Å². The molecule has 0 saturated carbocycles. The van der Waals surface area contributed by atoms with Crippen molar-refractivity contribution >= 4 is 34.6 Å². The number of furan rings is 1. The fourth-order valence-corrected chi connectivity index (χ4v) is 4.75. The Morgan fingerprint density at radius 3 is 2.67 bits per heavy atom. The number of rotatable bonds is 4. The zero-order chi connectivity index (χ0) is 23.1. The number of nitrogens with one attached hydrogen (secondary N) is 1. The molecule has 3 heterocycles. The predicted octanol–water partition coefficient (Wildman–Crippen LogP) is 6.93. The van der Waals surface area contributed by atoms with Crippen molar-refractivity contribution in [2.75, 3.05) is 4.90 Å². The maximum absolute atomic E-state index is 14.0. The van der Waals surface area contributed by atoms with Crippen molar-refractivity contribution < 1.29 is 8.81 Å². The predicted molar refractivity (Wildman–Crippen MR) is 133 cm³/mol. The van der Waals surface area contributed by atoms with Crippen LogP contribution in [0.4, 0.5) is 10.1 Å². The number of hydrogen-bond acceptors (Lipinski definition) is 3. The lowest BCUT2D eigenvalue weighted by molar-refractivity contribution is 0.439. The van der Waals surface area contributed by atoms with Gasteiger partial charge in [0.25, 0.3) is 0 Å². The minimum absolute atomic E-state index is 0.247. The molecule has 4 aromatic rings. The standard InChI is InChI=1S/C26H21ClFN3OS/c1-15-14-17(9-10-20(15)28)31-25(24(30-26(31)33)21-8-3-4-13-29-21)23-12-11-22(32-23)18-6-5-7-19(27)16(18)2/h3-14,24-25H,1-2H3,(H,30,33)/t24-,25+/m1/s1. The van der Waals surface area contributed by atoms with Gasteiger partial charge in [0.05, 0.1) is 11.7 Å². The summed E-state index contributed by atoms with van der Waals surface area (Å²) >= 11 is 12.1. The summed E-state index contributed by atoms with van der Waals surface area (Å²) in [5.74, 6) is 1.18. The van der Waals surface area contributed by atoms with Crippen molar-refractivity contribution in [1.29, 1.82) is 0 Å². The van der Waals surface area contributed by atoms with Gasteiger partial charge < -0.3 is 14.6 Å². The summed E-state index contributed by atoms with van der Waals surface area (Å²) in [7, 11) is 0. The summed E-state index contributed by atoms with van der Waals surface area (Å²) in [5.41, 5.74) is 4.05. The summed E-state index contributed by atoms with van der Waals surface area (Å²) in [6.07, 6.45) is 1.75. The molecule has 0 amide bonds. The Bertz CT molecular complexity index is 1340. The molecule has 166 valence electrons. The van der Waals surface area contributed by atoms with Crippen LogP contribution in [0.25, 0.3) is 11.3 Å². The molecule has 1 N–H and O–H groups in total. The minimum Gasteiger partial charge on any atom is -0.459 e. The Morgan fingerprint density at radius 2 is 1.91 bits per heavy atom. The number of thiocarbonyl (C=S) groups is 1. The minimum atomic E-state index is -0.314. The van der Waals surface area contributed by atoms with Crippen LogP contribution in [0.1, 0.15) is 34.7 Å². The SMILES string of the molecule is Cc1cc(N2C(=S)N[C@H](c3ccccn3)[C@@H]2c2ccc(-c3cccc(Cl)c3C)o2)ccc1F. The van der Waals surface area contributed by atoms with Gasteiger partial charge in [0, 0.05) is 22.5 Å². The first-order chi connectivity index (χ1) is 15.9. The first-order valence-electron chi connectivity index (χ1n) is 10.6. The third-order valence-corrected chi connectivity index (χ3v) is 6.69. The monoisotopic (exact) mass is 477 g/mol.